The van der Waals surface area contributed by atoms with Crippen LogP contribution >= 0.6 is 0 Å². The van der Waals surface area contributed by atoms with Crippen molar-refractivity contribution in [3.8, 4) is 0 Å². The van der Waals surface area contributed by atoms with E-state index >= 15 is 0 Å². The van der Waals surface area contributed by atoms with Crippen LogP contribution in [0, 0.1) is 6.92 Å². The van der Waals surface area contributed by atoms with Gasteiger partial charge in [-0.3, -0.25) is 4.79 Å². The van der Waals surface area contributed by atoms with E-state index in [-0.39, 0.29) is 17.9 Å². The Morgan fingerprint density at radius 2 is 1.94 bits per heavy atom. The first-order valence-electron chi connectivity index (χ1n) is 5.35. The summed E-state index contributed by atoms with van der Waals surface area (Å²) in [6.07, 6.45) is -0.281. The predicted octanol–water partition coefficient (Wildman–Crippen LogP) is 0.0753. The first kappa shape index (κ1) is 14.6. The predicted molar refractivity (Wildman–Crippen MR) is 66.6 cm³/mol. The van der Waals surface area contributed by atoms with E-state index in [1.54, 1.807) is 12.1 Å². The molecule has 1 atom stereocenters. The normalized spacial score (nSPS) is 13.2. The highest BCUT2D eigenvalue weighted by Crippen LogP contribution is 2.09. The zero-order chi connectivity index (χ0) is 13.8. The first-order chi connectivity index (χ1) is 8.31. The lowest BCUT2D eigenvalue weighted by Crippen LogP contribution is -2.38. The summed E-state index contributed by atoms with van der Waals surface area (Å²) in [7, 11) is -3.63. The van der Waals surface area contributed by atoms with Crippen LogP contribution < -0.4 is 10.5 Å². The lowest BCUT2D eigenvalue weighted by Gasteiger charge is -2.11. The lowest BCUT2D eigenvalue weighted by atomic mass is 10.2. The van der Waals surface area contributed by atoms with Crippen molar-refractivity contribution in [3.05, 3.63) is 29.8 Å². The van der Waals surface area contributed by atoms with E-state index in [0.717, 1.165) is 5.56 Å². The van der Waals surface area contributed by atoms with Crippen molar-refractivity contribution in [2.45, 2.75) is 24.3 Å². The van der Waals surface area contributed by atoms with Gasteiger partial charge in [0.1, 0.15) is 0 Å². The summed E-state index contributed by atoms with van der Waals surface area (Å²) in [6.45, 7) is 1.75. The minimum Gasteiger partial charge on any atom is -0.481 e. The number of aliphatic carboxylic acids is 1. The third-order valence-electron chi connectivity index (χ3n) is 2.30. The Morgan fingerprint density at radius 1 is 1.39 bits per heavy atom. The van der Waals surface area contributed by atoms with Crippen molar-refractivity contribution in [1.29, 1.82) is 0 Å². The number of hydrogen-bond acceptors (Lipinski definition) is 4. The number of carbonyl (C=O) groups is 1. The molecule has 0 aliphatic heterocycles. The molecule has 6 nitrogen and oxygen atoms in total. The minimum absolute atomic E-state index is 0.109. The Kier molecular flexibility index (Phi) is 4.83. The van der Waals surface area contributed by atoms with Gasteiger partial charge in [-0.05, 0) is 19.1 Å². The van der Waals surface area contributed by atoms with Crippen LogP contribution in [-0.4, -0.2) is 32.1 Å². The molecule has 0 bridgehead atoms. The second kappa shape index (κ2) is 5.94. The van der Waals surface area contributed by atoms with Gasteiger partial charge < -0.3 is 10.8 Å². The number of sulfonamides is 1. The third kappa shape index (κ3) is 4.44. The molecule has 18 heavy (non-hydrogen) atoms. The minimum atomic E-state index is -3.63. The monoisotopic (exact) mass is 272 g/mol. The molecular formula is C11H16N2O4S. The van der Waals surface area contributed by atoms with E-state index < -0.39 is 22.0 Å². The number of aryl methyl sites for hydroxylation is 1. The summed E-state index contributed by atoms with van der Waals surface area (Å²) < 4.78 is 25.9. The van der Waals surface area contributed by atoms with Crippen LogP contribution in [-0.2, 0) is 14.8 Å². The number of benzene rings is 1. The summed E-state index contributed by atoms with van der Waals surface area (Å²) in [6, 6.07) is 5.60. The molecule has 0 fully saturated rings. The molecule has 1 aromatic carbocycles. The van der Waals surface area contributed by atoms with Crippen molar-refractivity contribution in [3.63, 3.8) is 0 Å². The Hall–Kier alpha value is -1.44. The molecule has 0 aliphatic carbocycles. The molecule has 0 saturated carbocycles. The fraction of sp³-hybridized carbons (Fsp3) is 0.364. The Balaban J connectivity index is 2.65. The van der Waals surface area contributed by atoms with Gasteiger partial charge in [-0.25, -0.2) is 13.1 Å². The SMILES string of the molecule is Cc1ccc(S(=O)(=O)NCC(N)CC(=O)O)cc1. The molecule has 0 aliphatic rings. The second-order valence-electron chi connectivity index (χ2n) is 4.02. The van der Waals surface area contributed by atoms with E-state index in [4.69, 9.17) is 10.8 Å². The van der Waals surface area contributed by atoms with Crippen molar-refractivity contribution in [2.24, 2.45) is 5.73 Å². The molecule has 1 rings (SSSR count). The fourth-order valence-corrected chi connectivity index (χ4v) is 2.41. The van der Waals surface area contributed by atoms with Crippen LogP contribution in [0.2, 0.25) is 0 Å². The largest absolute Gasteiger partial charge is 0.481 e. The van der Waals surface area contributed by atoms with Crippen LogP contribution in [0.5, 0.6) is 0 Å². The molecule has 0 heterocycles. The van der Waals surface area contributed by atoms with E-state index in [2.05, 4.69) is 4.72 Å². The molecule has 0 aromatic heterocycles. The Labute approximate surface area is 106 Å². The maximum atomic E-state index is 11.8. The highest BCUT2D eigenvalue weighted by molar-refractivity contribution is 7.89. The van der Waals surface area contributed by atoms with Gasteiger partial charge in [-0.15, -0.1) is 0 Å². The van der Waals surface area contributed by atoms with Crippen LogP contribution in [0.15, 0.2) is 29.2 Å². The number of nitrogens with one attached hydrogen (secondary N) is 1. The van der Waals surface area contributed by atoms with Crippen molar-refractivity contribution < 1.29 is 18.3 Å². The van der Waals surface area contributed by atoms with Gasteiger partial charge in [0.2, 0.25) is 10.0 Å². The van der Waals surface area contributed by atoms with Crippen molar-refractivity contribution >= 4 is 16.0 Å². The van der Waals surface area contributed by atoms with Gasteiger partial charge in [0.25, 0.3) is 0 Å². The maximum absolute atomic E-state index is 11.8. The Bertz CT molecular complexity index is 510. The highest BCUT2D eigenvalue weighted by Gasteiger charge is 2.16. The van der Waals surface area contributed by atoms with Crippen molar-refractivity contribution in [2.75, 3.05) is 6.54 Å². The van der Waals surface area contributed by atoms with E-state index in [1.165, 1.54) is 12.1 Å². The van der Waals surface area contributed by atoms with E-state index in [0.29, 0.717) is 0 Å². The number of hydrogen-bond donors (Lipinski definition) is 3. The molecule has 0 radical (unpaired) electrons. The smallest absolute Gasteiger partial charge is 0.304 e. The molecule has 1 aromatic rings. The third-order valence-corrected chi connectivity index (χ3v) is 3.74. The van der Waals surface area contributed by atoms with Gasteiger partial charge in [-0.2, -0.15) is 0 Å². The number of nitrogens with two attached hydrogens (primary N) is 1. The highest BCUT2D eigenvalue weighted by atomic mass is 32.2. The first-order valence-corrected chi connectivity index (χ1v) is 6.83. The van der Waals surface area contributed by atoms with Gasteiger partial charge in [-0.1, -0.05) is 17.7 Å². The van der Waals surface area contributed by atoms with Crippen LogP contribution in [0.4, 0.5) is 0 Å². The molecule has 0 spiro atoms. The van der Waals surface area contributed by atoms with E-state index in [9.17, 15) is 13.2 Å². The lowest BCUT2D eigenvalue weighted by molar-refractivity contribution is -0.137. The van der Waals surface area contributed by atoms with Gasteiger partial charge in [0, 0.05) is 12.6 Å². The molecule has 0 amide bonds. The summed E-state index contributed by atoms with van der Waals surface area (Å²) in [5.41, 5.74) is 6.43. The quantitative estimate of drug-likeness (QED) is 0.679. The second-order valence-corrected chi connectivity index (χ2v) is 5.79. The topological polar surface area (TPSA) is 109 Å². The van der Waals surface area contributed by atoms with Crippen LogP contribution in [0.3, 0.4) is 0 Å². The maximum Gasteiger partial charge on any atom is 0.304 e. The zero-order valence-electron chi connectivity index (χ0n) is 9.96. The van der Waals surface area contributed by atoms with Crippen molar-refractivity contribution in [1.82, 2.24) is 4.72 Å². The standard InChI is InChI=1S/C11H16N2O4S/c1-8-2-4-10(5-3-8)18(16,17)13-7-9(12)6-11(14)15/h2-5,9,13H,6-7,12H2,1H3,(H,14,15). The van der Waals surface area contributed by atoms with Gasteiger partial charge in [0.15, 0.2) is 0 Å². The average Bonchev–Trinajstić information content (AvgIpc) is 2.26. The molecular weight excluding hydrogens is 256 g/mol. The number of rotatable bonds is 6. The van der Waals surface area contributed by atoms with E-state index in [1.807, 2.05) is 6.92 Å². The zero-order valence-corrected chi connectivity index (χ0v) is 10.8. The molecule has 7 heteroatoms. The summed E-state index contributed by atoms with van der Waals surface area (Å²) in [5, 5.41) is 8.50. The summed E-state index contributed by atoms with van der Waals surface area (Å²) >= 11 is 0. The molecule has 1 unspecified atom stereocenters. The molecule has 4 N–H and O–H groups in total. The fourth-order valence-electron chi connectivity index (χ4n) is 1.31. The summed E-state index contributed by atoms with van der Waals surface area (Å²) in [5.74, 6) is -1.06. The average molecular weight is 272 g/mol. The van der Waals surface area contributed by atoms with Gasteiger partial charge in [0.05, 0.1) is 11.3 Å². The van der Waals surface area contributed by atoms with Gasteiger partial charge >= 0.3 is 5.97 Å². The Morgan fingerprint density at radius 3 is 2.44 bits per heavy atom. The number of carboxylic acids is 1. The number of carboxylic acid groups (broad SMARTS) is 1. The summed E-state index contributed by atoms with van der Waals surface area (Å²) in [4.78, 5) is 10.5. The molecule has 100 valence electrons. The molecule has 0 saturated heterocycles. The van der Waals surface area contributed by atoms with Crippen LogP contribution in [0.25, 0.3) is 0 Å². The van der Waals surface area contributed by atoms with Crippen LogP contribution in [0.1, 0.15) is 12.0 Å².